The van der Waals surface area contributed by atoms with Gasteiger partial charge >= 0.3 is 6.01 Å². The number of hydrogen-bond acceptors (Lipinski definition) is 6. The zero-order valence-electron chi connectivity index (χ0n) is 16.6. The largest absolute Gasteiger partial charge is 0.424 e. The Bertz CT molecular complexity index is 929. The summed E-state index contributed by atoms with van der Waals surface area (Å²) in [5.41, 5.74) is 3.89. The Morgan fingerprint density at radius 1 is 1.17 bits per heavy atom. The van der Waals surface area contributed by atoms with E-state index in [2.05, 4.69) is 20.8 Å². The van der Waals surface area contributed by atoms with Gasteiger partial charge in [-0.3, -0.25) is 14.4 Å². The monoisotopic (exact) mass is 430 g/mol. The number of amides is 2. The predicted molar refractivity (Wildman–Crippen MR) is 110 cm³/mol. The van der Waals surface area contributed by atoms with E-state index in [9.17, 15) is 9.59 Å². The minimum absolute atomic E-state index is 0.00716. The molecule has 158 valence electrons. The van der Waals surface area contributed by atoms with E-state index in [0.717, 1.165) is 37.7 Å². The molecule has 9 heteroatoms. The summed E-state index contributed by atoms with van der Waals surface area (Å²) < 4.78 is 5.66. The van der Waals surface area contributed by atoms with Crippen LogP contribution in [-0.2, 0) is 14.4 Å². The number of aromatic nitrogens is 2. The lowest BCUT2D eigenvalue weighted by Gasteiger charge is -2.25. The molecule has 2 aliphatic rings. The van der Waals surface area contributed by atoms with Gasteiger partial charge in [0.05, 0.1) is 17.4 Å². The molecule has 8 nitrogen and oxygen atoms in total. The molecule has 2 saturated carbocycles. The Morgan fingerprint density at radius 3 is 2.50 bits per heavy atom. The number of carbonyl (C=O) groups is 2. The summed E-state index contributed by atoms with van der Waals surface area (Å²) in [6.45, 7) is 1.86. The maximum Gasteiger partial charge on any atom is 0.321 e. The van der Waals surface area contributed by atoms with Gasteiger partial charge in [0, 0.05) is 11.6 Å². The van der Waals surface area contributed by atoms with Crippen LogP contribution in [0.2, 0.25) is 5.02 Å². The smallest absolute Gasteiger partial charge is 0.321 e. The van der Waals surface area contributed by atoms with E-state index in [4.69, 9.17) is 21.2 Å². The maximum atomic E-state index is 12.7. The highest BCUT2D eigenvalue weighted by atomic mass is 35.5. The number of hydroxylamine groups is 1. The molecule has 2 fully saturated rings. The van der Waals surface area contributed by atoms with Crippen molar-refractivity contribution >= 4 is 29.1 Å². The zero-order chi connectivity index (χ0) is 21.1. The van der Waals surface area contributed by atoms with Crippen molar-refractivity contribution in [2.75, 3.05) is 5.32 Å². The molecule has 1 heterocycles. The van der Waals surface area contributed by atoms with E-state index in [-0.39, 0.29) is 29.7 Å². The molecular weight excluding hydrogens is 408 g/mol. The molecule has 0 saturated heterocycles. The lowest BCUT2D eigenvalue weighted by atomic mass is 9.85. The molecule has 1 atom stereocenters. The Labute approximate surface area is 179 Å². The number of anilines is 1. The Balaban J connectivity index is 1.36. The van der Waals surface area contributed by atoms with Crippen molar-refractivity contribution in [1.29, 1.82) is 0 Å². The lowest BCUT2D eigenvalue weighted by molar-refractivity contribution is -0.151. The van der Waals surface area contributed by atoms with Crippen molar-refractivity contribution in [3.05, 3.63) is 41.2 Å². The molecule has 0 spiro atoms. The number of rotatable bonds is 8. The van der Waals surface area contributed by atoms with Crippen LogP contribution in [0.5, 0.6) is 11.8 Å². The highest BCUT2D eigenvalue weighted by Crippen LogP contribution is 2.35. The number of ether oxygens (including phenoxy) is 1. The van der Waals surface area contributed by atoms with Crippen molar-refractivity contribution in [3.8, 4) is 11.8 Å². The fourth-order valence-corrected chi connectivity index (χ4v) is 3.24. The van der Waals surface area contributed by atoms with Gasteiger partial charge in [0.15, 0.2) is 6.10 Å². The molecule has 2 amide bonds. The van der Waals surface area contributed by atoms with E-state index >= 15 is 0 Å². The summed E-state index contributed by atoms with van der Waals surface area (Å²) in [5, 5.41) is 3.29. The normalized spacial score (nSPS) is 17.0. The van der Waals surface area contributed by atoms with E-state index in [1.54, 1.807) is 18.2 Å². The molecule has 1 unspecified atom stereocenters. The second kappa shape index (κ2) is 8.97. The van der Waals surface area contributed by atoms with Crippen LogP contribution in [0.3, 0.4) is 0 Å². The van der Waals surface area contributed by atoms with Crippen molar-refractivity contribution in [2.24, 2.45) is 11.8 Å². The SMILES string of the molecule is Cc1cc(NC(=O)C(ONC(=O)C2CCC2)C2CC2)ccc1Oc1ncc(Cl)cn1. The topological polar surface area (TPSA) is 102 Å². The molecule has 30 heavy (non-hydrogen) atoms. The summed E-state index contributed by atoms with van der Waals surface area (Å²) in [6, 6.07) is 5.44. The number of benzene rings is 1. The molecule has 2 aromatic rings. The third-order valence-electron chi connectivity index (χ3n) is 5.31. The number of nitrogens with one attached hydrogen (secondary N) is 2. The third kappa shape index (κ3) is 5.06. The first-order valence-electron chi connectivity index (χ1n) is 10.0. The van der Waals surface area contributed by atoms with Gasteiger partial charge in [-0.15, -0.1) is 0 Å². The van der Waals surface area contributed by atoms with Crippen molar-refractivity contribution in [2.45, 2.75) is 45.1 Å². The van der Waals surface area contributed by atoms with Crippen LogP contribution in [0.15, 0.2) is 30.6 Å². The molecule has 1 aromatic carbocycles. The van der Waals surface area contributed by atoms with Gasteiger partial charge < -0.3 is 10.1 Å². The highest BCUT2D eigenvalue weighted by Gasteiger charge is 2.39. The average Bonchev–Trinajstić information content (AvgIpc) is 3.49. The average molecular weight is 431 g/mol. The molecule has 0 aliphatic heterocycles. The Hall–Kier alpha value is -2.71. The minimum Gasteiger partial charge on any atom is -0.424 e. The molecular formula is C21H23ClN4O4. The fraction of sp³-hybridized carbons (Fsp3) is 0.429. The standard InChI is InChI=1S/C21H23ClN4O4/c1-12-9-16(7-8-17(12)29-21-23-10-15(22)11-24-21)25-20(28)18(13-5-6-13)30-26-19(27)14-3-2-4-14/h7-11,13-14,18H,2-6H2,1H3,(H,25,28)(H,26,27). The molecule has 0 bridgehead atoms. The van der Waals surface area contributed by atoms with Crippen LogP contribution in [0, 0.1) is 18.8 Å². The van der Waals surface area contributed by atoms with Crippen LogP contribution in [0.1, 0.15) is 37.7 Å². The summed E-state index contributed by atoms with van der Waals surface area (Å²) in [4.78, 5) is 38.2. The van der Waals surface area contributed by atoms with E-state index in [1.165, 1.54) is 12.4 Å². The van der Waals surface area contributed by atoms with Gasteiger partial charge in [-0.1, -0.05) is 18.0 Å². The first kappa shape index (κ1) is 20.6. The second-order valence-electron chi connectivity index (χ2n) is 7.73. The predicted octanol–water partition coefficient (Wildman–Crippen LogP) is 3.80. The number of hydrogen-bond donors (Lipinski definition) is 2. The van der Waals surface area contributed by atoms with Crippen molar-refractivity contribution in [3.63, 3.8) is 0 Å². The van der Waals surface area contributed by atoms with Gasteiger partial charge in [0.2, 0.25) is 5.91 Å². The first-order chi connectivity index (χ1) is 14.5. The van der Waals surface area contributed by atoms with Gasteiger partial charge in [-0.05, 0) is 62.3 Å². The van der Waals surface area contributed by atoms with Gasteiger partial charge in [0.25, 0.3) is 5.91 Å². The lowest BCUT2D eigenvalue weighted by Crippen LogP contribution is -2.42. The van der Waals surface area contributed by atoms with Gasteiger partial charge in [-0.25, -0.2) is 15.4 Å². The van der Waals surface area contributed by atoms with E-state index < -0.39 is 6.10 Å². The van der Waals surface area contributed by atoms with E-state index in [1.807, 2.05) is 6.92 Å². The molecule has 4 rings (SSSR count). The number of halogens is 1. The number of nitrogens with zero attached hydrogens (tertiary/aromatic N) is 2. The van der Waals surface area contributed by atoms with Crippen LogP contribution in [-0.4, -0.2) is 27.9 Å². The Kier molecular flexibility index (Phi) is 6.15. The molecule has 1 aromatic heterocycles. The van der Waals surface area contributed by atoms with Crippen LogP contribution in [0.4, 0.5) is 5.69 Å². The second-order valence-corrected chi connectivity index (χ2v) is 8.16. The highest BCUT2D eigenvalue weighted by molar-refractivity contribution is 6.30. The number of carbonyl (C=O) groups excluding carboxylic acids is 2. The minimum atomic E-state index is -0.701. The first-order valence-corrected chi connectivity index (χ1v) is 10.4. The molecule has 2 aliphatic carbocycles. The van der Waals surface area contributed by atoms with Gasteiger partial charge in [-0.2, -0.15) is 0 Å². The zero-order valence-corrected chi connectivity index (χ0v) is 17.3. The summed E-state index contributed by atoms with van der Waals surface area (Å²) >= 11 is 5.78. The summed E-state index contributed by atoms with van der Waals surface area (Å²) in [6.07, 6.45) is 6.84. The summed E-state index contributed by atoms with van der Waals surface area (Å²) in [7, 11) is 0. The van der Waals surface area contributed by atoms with Crippen LogP contribution < -0.4 is 15.5 Å². The Morgan fingerprint density at radius 2 is 1.90 bits per heavy atom. The van der Waals surface area contributed by atoms with Crippen molar-refractivity contribution < 1.29 is 19.2 Å². The fourth-order valence-electron chi connectivity index (χ4n) is 3.14. The third-order valence-corrected chi connectivity index (χ3v) is 5.51. The maximum absolute atomic E-state index is 12.7. The van der Waals surface area contributed by atoms with Crippen LogP contribution >= 0.6 is 11.6 Å². The number of aryl methyl sites for hydroxylation is 1. The summed E-state index contributed by atoms with van der Waals surface area (Å²) in [5.74, 6) is 0.283. The van der Waals surface area contributed by atoms with Crippen LogP contribution in [0.25, 0.3) is 0 Å². The van der Waals surface area contributed by atoms with Gasteiger partial charge in [0.1, 0.15) is 5.75 Å². The van der Waals surface area contributed by atoms with E-state index in [0.29, 0.717) is 16.5 Å². The quantitative estimate of drug-likeness (QED) is 0.617. The van der Waals surface area contributed by atoms with Crippen molar-refractivity contribution in [1.82, 2.24) is 15.4 Å². The molecule has 2 N–H and O–H groups in total. The molecule has 0 radical (unpaired) electrons.